The van der Waals surface area contributed by atoms with E-state index in [0.717, 1.165) is 0 Å². The molecule has 0 saturated carbocycles. The Labute approximate surface area is 104 Å². The summed E-state index contributed by atoms with van der Waals surface area (Å²) in [5.41, 5.74) is 4.21. The molecule has 0 aliphatic carbocycles. The first-order chi connectivity index (χ1) is 8.11. The first-order valence-corrected chi connectivity index (χ1v) is 6.37. The van der Waals surface area contributed by atoms with Crippen LogP contribution >= 0.6 is 0 Å². The lowest BCUT2D eigenvalue weighted by molar-refractivity contribution is 0.806. The molecule has 0 atom stereocenters. The quantitative estimate of drug-likeness (QED) is 0.714. The molecule has 0 spiro atoms. The average Bonchev–Trinajstić information content (AvgIpc) is 2.80. The molecular formula is C16H21N. The zero-order valence-electron chi connectivity index (χ0n) is 11.1. The van der Waals surface area contributed by atoms with Crippen LogP contribution in [0.4, 0.5) is 0 Å². The Morgan fingerprint density at radius 3 is 1.65 bits per heavy atom. The largest absolute Gasteiger partial charge is 0.323 e. The van der Waals surface area contributed by atoms with E-state index in [-0.39, 0.29) is 0 Å². The van der Waals surface area contributed by atoms with Crippen LogP contribution in [0.3, 0.4) is 0 Å². The van der Waals surface area contributed by atoms with Gasteiger partial charge in [-0.2, -0.15) is 0 Å². The molecule has 1 heterocycles. The van der Waals surface area contributed by atoms with Crippen molar-refractivity contribution in [2.24, 2.45) is 0 Å². The fraction of sp³-hybridized carbons (Fsp3) is 0.375. The lowest BCUT2D eigenvalue weighted by Gasteiger charge is -2.20. The summed E-state index contributed by atoms with van der Waals surface area (Å²) < 4.78 is 2.24. The van der Waals surface area contributed by atoms with Gasteiger partial charge in [-0.1, -0.05) is 45.9 Å². The smallest absolute Gasteiger partial charge is 0.0518 e. The molecule has 2 aromatic rings. The Bertz CT molecular complexity index is 452. The minimum Gasteiger partial charge on any atom is -0.323 e. The number of nitrogens with zero attached hydrogens (tertiary/aromatic N) is 1. The molecule has 0 N–H and O–H groups in total. The minimum absolute atomic E-state index is 0.547. The van der Waals surface area contributed by atoms with Crippen molar-refractivity contribution in [1.82, 2.24) is 4.57 Å². The van der Waals surface area contributed by atoms with E-state index in [1.54, 1.807) is 0 Å². The first kappa shape index (κ1) is 12.0. The Morgan fingerprint density at radius 2 is 1.24 bits per heavy atom. The Hall–Kier alpha value is -1.50. The number of aromatic nitrogens is 1. The Morgan fingerprint density at radius 1 is 0.765 bits per heavy atom. The maximum absolute atomic E-state index is 2.26. The molecule has 0 unspecified atom stereocenters. The highest BCUT2D eigenvalue weighted by Gasteiger charge is 2.14. The van der Waals surface area contributed by atoms with Crippen LogP contribution in [-0.4, -0.2) is 4.57 Å². The highest BCUT2D eigenvalue weighted by molar-refractivity contribution is 5.51. The van der Waals surface area contributed by atoms with Crippen LogP contribution < -0.4 is 0 Å². The third-order valence-electron chi connectivity index (χ3n) is 3.21. The standard InChI is InChI=1S/C16H21N/c1-12(2)14-8-7-9-15(13(3)4)16(14)17-10-5-6-11-17/h5-13H,1-4H3. The molecule has 0 aliphatic rings. The monoisotopic (exact) mass is 227 g/mol. The molecule has 1 heteroatoms. The van der Waals surface area contributed by atoms with Crippen molar-refractivity contribution in [3.8, 4) is 5.69 Å². The predicted octanol–water partition coefficient (Wildman–Crippen LogP) is 4.72. The summed E-state index contributed by atoms with van der Waals surface area (Å²) >= 11 is 0. The van der Waals surface area contributed by atoms with Gasteiger partial charge in [-0.3, -0.25) is 0 Å². The molecular weight excluding hydrogens is 206 g/mol. The molecule has 0 saturated heterocycles. The van der Waals surface area contributed by atoms with Crippen molar-refractivity contribution in [3.63, 3.8) is 0 Å². The van der Waals surface area contributed by atoms with Crippen LogP contribution in [0.25, 0.3) is 5.69 Å². The second-order valence-electron chi connectivity index (χ2n) is 5.18. The Kier molecular flexibility index (Phi) is 3.37. The van der Waals surface area contributed by atoms with Crippen LogP contribution in [0.1, 0.15) is 50.7 Å². The molecule has 1 aromatic carbocycles. The molecule has 0 fully saturated rings. The Balaban J connectivity index is 2.67. The van der Waals surface area contributed by atoms with Gasteiger partial charge in [-0.15, -0.1) is 0 Å². The van der Waals surface area contributed by atoms with Crippen LogP contribution in [0.15, 0.2) is 42.7 Å². The number of hydrogen-bond donors (Lipinski definition) is 0. The van der Waals surface area contributed by atoms with Gasteiger partial charge in [0.2, 0.25) is 0 Å². The topological polar surface area (TPSA) is 4.93 Å². The molecule has 90 valence electrons. The summed E-state index contributed by atoms with van der Waals surface area (Å²) in [7, 11) is 0. The number of benzene rings is 1. The van der Waals surface area contributed by atoms with Crippen LogP contribution in [0, 0.1) is 0 Å². The van der Waals surface area contributed by atoms with Crippen molar-refractivity contribution in [3.05, 3.63) is 53.9 Å². The molecule has 17 heavy (non-hydrogen) atoms. The van der Waals surface area contributed by atoms with E-state index in [1.165, 1.54) is 16.8 Å². The van der Waals surface area contributed by atoms with Crippen LogP contribution in [0.5, 0.6) is 0 Å². The van der Waals surface area contributed by atoms with Crippen molar-refractivity contribution in [2.75, 3.05) is 0 Å². The molecule has 0 radical (unpaired) electrons. The maximum Gasteiger partial charge on any atom is 0.0518 e. The van der Waals surface area contributed by atoms with Crippen LogP contribution in [0.2, 0.25) is 0 Å². The van der Waals surface area contributed by atoms with Gasteiger partial charge in [-0.25, -0.2) is 0 Å². The van der Waals surface area contributed by atoms with E-state index >= 15 is 0 Å². The molecule has 1 aromatic heterocycles. The van der Waals surface area contributed by atoms with E-state index in [2.05, 4.69) is 75.0 Å². The van der Waals surface area contributed by atoms with E-state index in [0.29, 0.717) is 11.8 Å². The second kappa shape index (κ2) is 4.79. The zero-order valence-corrected chi connectivity index (χ0v) is 11.1. The summed E-state index contributed by atoms with van der Waals surface area (Å²) in [4.78, 5) is 0. The van der Waals surface area contributed by atoms with E-state index in [4.69, 9.17) is 0 Å². The zero-order chi connectivity index (χ0) is 12.4. The number of hydrogen-bond acceptors (Lipinski definition) is 0. The normalized spacial score (nSPS) is 11.4. The summed E-state index contributed by atoms with van der Waals surface area (Å²) in [6.07, 6.45) is 4.26. The average molecular weight is 227 g/mol. The van der Waals surface area contributed by atoms with Gasteiger partial charge in [0.25, 0.3) is 0 Å². The van der Waals surface area contributed by atoms with Crippen LogP contribution in [-0.2, 0) is 0 Å². The molecule has 0 aliphatic heterocycles. The highest BCUT2D eigenvalue weighted by Crippen LogP contribution is 2.30. The van der Waals surface area contributed by atoms with Gasteiger partial charge in [0.1, 0.15) is 0 Å². The van der Waals surface area contributed by atoms with Gasteiger partial charge >= 0.3 is 0 Å². The second-order valence-corrected chi connectivity index (χ2v) is 5.18. The molecule has 2 rings (SSSR count). The third-order valence-corrected chi connectivity index (χ3v) is 3.21. The van der Waals surface area contributed by atoms with Crippen molar-refractivity contribution in [2.45, 2.75) is 39.5 Å². The van der Waals surface area contributed by atoms with Crippen molar-refractivity contribution in [1.29, 1.82) is 0 Å². The van der Waals surface area contributed by atoms with E-state index < -0.39 is 0 Å². The van der Waals surface area contributed by atoms with E-state index in [1.807, 2.05) is 0 Å². The van der Waals surface area contributed by atoms with E-state index in [9.17, 15) is 0 Å². The highest BCUT2D eigenvalue weighted by atomic mass is 14.9. The SMILES string of the molecule is CC(C)c1cccc(C(C)C)c1-n1cccc1. The molecule has 0 bridgehead atoms. The van der Waals surface area contributed by atoms with Gasteiger partial charge < -0.3 is 4.57 Å². The summed E-state index contributed by atoms with van der Waals surface area (Å²) in [5, 5.41) is 0. The summed E-state index contributed by atoms with van der Waals surface area (Å²) in [6.45, 7) is 9.03. The van der Waals surface area contributed by atoms with Gasteiger partial charge in [0.15, 0.2) is 0 Å². The predicted molar refractivity (Wildman–Crippen MR) is 73.9 cm³/mol. The first-order valence-electron chi connectivity index (χ1n) is 6.37. The maximum atomic E-state index is 2.26. The molecule has 1 nitrogen and oxygen atoms in total. The lowest BCUT2D eigenvalue weighted by atomic mass is 9.92. The summed E-state index contributed by atoms with van der Waals surface area (Å²) in [5.74, 6) is 1.09. The van der Waals surface area contributed by atoms with Gasteiger partial charge in [-0.05, 0) is 35.1 Å². The van der Waals surface area contributed by atoms with Gasteiger partial charge in [0, 0.05) is 12.4 Å². The minimum atomic E-state index is 0.547. The van der Waals surface area contributed by atoms with Crippen molar-refractivity contribution >= 4 is 0 Å². The van der Waals surface area contributed by atoms with Gasteiger partial charge in [0.05, 0.1) is 5.69 Å². The lowest BCUT2D eigenvalue weighted by Crippen LogP contribution is -2.05. The fourth-order valence-electron chi connectivity index (χ4n) is 2.29. The third kappa shape index (κ3) is 2.28. The summed E-state index contributed by atoms with van der Waals surface area (Å²) in [6, 6.07) is 10.8. The molecule has 0 amide bonds. The van der Waals surface area contributed by atoms with Crippen molar-refractivity contribution < 1.29 is 0 Å². The number of para-hydroxylation sites is 1. The number of rotatable bonds is 3. The fourth-order valence-corrected chi connectivity index (χ4v) is 2.29.